The zero-order chi connectivity index (χ0) is 27.3. The summed E-state index contributed by atoms with van der Waals surface area (Å²) >= 11 is 0. The molecule has 0 aliphatic carbocycles. The van der Waals surface area contributed by atoms with E-state index in [1.54, 1.807) is 52.0 Å². The number of nitro groups is 1. The van der Waals surface area contributed by atoms with Crippen LogP contribution in [0.3, 0.4) is 0 Å². The second-order valence-electron chi connectivity index (χ2n) is 9.27. The Kier molecular flexibility index (Phi) is 7.98. The van der Waals surface area contributed by atoms with Crippen molar-refractivity contribution in [3.63, 3.8) is 0 Å². The van der Waals surface area contributed by atoms with Crippen LogP contribution in [-0.2, 0) is 16.0 Å². The Bertz CT molecular complexity index is 1360. The monoisotopic (exact) mass is 504 g/mol. The zero-order valence-electron chi connectivity index (χ0n) is 21.3. The Morgan fingerprint density at radius 1 is 1.16 bits per heavy atom. The number of para-hydroxylation sites is 1. The second kappa shape index (κ2) is 11.0. The van der Waals surface area contributed by atoms with Gasteiger partial charge in [0.25, 0.3) is 5.69 Å². The molecule has 37 heavy (non-hydrogen) atoms. The van der Waals surface area contributed by atoms with Gasteiger partial charge in [-0.15, -0.1) is 0 Å². The third-order valence-corrected chi connectivity index (χ3v) is 5.26. The fraction of sp³-hybridized carbons (Fsp3) is 0.296. The molecule has 1 heterocycles. The Morgan fingerprint density at radius 2 is 1.84 bits per heavy atom. The van der Waals surface area contributed by atoms with Gasteiger partial charge >= 0.3 is 12.1 Å². The van der Waals surface area contributed by atoms with Gasteiger partial charge in [-0.1, -0.05) is 30.3 Å². The van der Waals surface area contributed by atoms with E-state index in [1.165, 1.54) is 18.2 Å². The number of ether oxygens (including phenoxy) is 2. The molecular formula is C27H28N4O6. The standard InChI is InChI=1S/C27H28N4O6/c1-6-36-25(32)20-8-7-9-23(31(34)35)24(20)30(26(33)37-27(3,4)5)16-18-10-12-19(13-11-18)21-14-17(2)29-22(21)15-28/h7-14,29H,6,16H2,1-5H3. The number of aryl methyl sites for hydroxylation is 1. The summed E-state index contributed by atoms with van der Waals surface area (Å²) in [7, 11) is 0. The van der Waals surface area contributed by atoms with Crippen LogP contribution in [0, 0.1) is 28.4 Å². The third-order valence-electron chi connectivity index (χ3n) is 5.26. The second-order valence-corrected chi connectivity index (χ2v) is 9.27. The van der Waals surface area contributed by atoms with Gasteiger partial charge in [0.15, 0.2) is 0 Å². The maximum absolute atomic E-state index is 13.3. The number of anilines is 1. The van der Waals surface area contributed by atoms with Crippen LogP contribution < -0.4 is 4.90 Å². The molecule has 0 saturated heterocycles. The highest BCUT2D eigenvalue weighted by atomic mass is 16.6. The fourth-order valence-corrected chi connectivity index (χ4v) is 3.77. The molecule has 3 rings (SSSR count). The molecule has 0 bridgehead atoms. The predicted molar refractivity (Wildman–Crippen MR) is 137 cm³/mol. The molecule has 0 aliphatic rings. The first-order chi connectivity index (χ1) is 17.4. The van der Waals surface area contributed by atoms with Crippen molar-refractivity contribution < 1.29 is 24.0 Å². The Hall–Kier alpha value is -4.65. The Balaban J connectivity index is 2.10. The number of aromatic amines is 1. The molecule has 10 heteroatoms. The lowest BCUT2D eigenvalue weighted by Crippen LogP contribution is -2.37. The van der Waals surface area contributed by atoms with E-state index < -0.39 is 28.3 Å². The minimum Gasteiger partial charge on any atom is -0.462 e. The highest BCUT2D eigenvalue weighted by molar-refractivity contribution is 6.03. The number of nitrogens with one attached hydrogen (secondary N) is 1. The van der Waals surface area contributed by atoms with Gasteiger partial charge in [0, 0.05) is 17.3 Å². The molecular weight excluding hydrogens is 476 g/mol. The van der Waals surface area contributed by atoms with Gasteiger partial charge in [0.2, 0.25) is 0 Å². The summed E-state index contributed by atoms with van der Waals surface area (Å²) in [4.78, 5) is 41.4. The zero-order valence-corrected chi connectivity index (χ0v) is 21.3. The molecule has 3 aromatic rings. The number of carbonyl (C=O) groups excluding carboxylic acids is 2. The van der Waals surface area contributed by atoms with Gasteiger partial charge in [0.05, 0.1) is 23.6 Å². The Morgan fingerprint density at radius 3 is 2.41 bits per heavy atom. The quantitative estimate of drug-likeness (QED) is 0.240. The Labute approximate surface area is 214 Å². The number of benzene rings is 2. The smallest absolute Gasteiger partial charge is 0.415 e. The summed E-state index contributed by atoms with van der Waals surface area (Å²) in [5.41, 5.74) is 1.74. The van der Waals surface area contributed by atoms with Gasteiger partial charge in [0.1, 0.15) is 23.1 Å². The first kappa shape index (κ1) is 26.9. The summed E-state index contributed by atoms with van der Waals surface area (Å²) in [6, 6.07) is 15.0. The van der Waals surface area contributed by atoms with Crippen molar-refractivity contribution in [3.8, 4) is 17.2 Å². The van der Waals surface area contributed by atoms with Crippen LogP contribution in [0.5, 0.6) is 0 Å². The molecule has 1 N–H and O–H groups in total. The van der Waals surface area contributed by atoms with Crippen LogP contribution in [-0.4, -0.2) is 34.2 Å². The van der Waals surface area contributed by atoms with Gasteiger partial charge < -0.3 is 14.5 Å². The highest BCUT2D eigenvalue weighted by Crippen LogP contribution is 2.35. The van der Waals surface area contributed by atoms with Gasteiger partial charge in [-0.25, -0.2) is 9.59 Å². The van der Waals surface area contributed by atoms with E-state index in [1.807, 2.05) is 13.0 Å². The molecule has 0 saturated carbocycles. The molecule has 1 aromatic heterocycles. The molecule has 2 aromatic carbocycles. The van der Waals surface area contributed by atoms with E-state index in [0.29, 0.717) is 11.3 Å². The van der Waals surface area contributed by atoms with E-state index in [-0.39, 0.29) is 24.4 Å². The van der Waals surface area contributed by atoms with Gasteiger partial charge in [-0.3, -0.25) is 15.0 Å². The molecule has 0 spiro atoms. The predicted octanol–water partition coefficient (Wildman–Crippen LogP) is 5.89. The van der Waals surface area contributed by atoms with Crippen molar-refractivity contribution in [2.45, 2.75) is 46.8 Å². The van der Waals surface area contributed by atoms with Crippen molar-refractivity contribution in [2.24, 2.45) is 0 Å². The van der Waals surface area contributed by atoms with Crippen molar-refractivity contribution in [1.82, 2.24) is 4.98 Å². The van der Waals surface area contributed by atoms with E-state index >= 15 is 0 Å². The average molecular weight is 505 g/mol. The lowest BCUT2D eigenvalue weighted by Gasteiger charge is -2.28. The minimum absolute atomic E-state index is 0.0537. The van der Waals surface area contributed by atoms with Crippen LogP contribution in [0.15, 0.2) is 48.5 Å². The lowest BCUT2D eigenvalue weighted by molar-refractivity contribution is -0.384. The first-order valence-corrected chi connectivity index (χ1v) is 11.6. The number of hydrogen-bond donors (Lipinski definition) is 1. The van der Waals surface area contributed by atoms with Crippen LogP contribution in [0.4, 0.5) is 16.2 Å². The van der Waals surface area contributed by atoms with Crippen molar-refractivity contribution in [3.05, 3.63) is 81.2 Å². The fourth-order valence-electron chi connectivity index (χ4n) is 3.77. The van der Waals surface area contributed by atoms with E-state index in [9.17, 15) is 25.0 Å². The number of rotatable bonds is 7. The number of amides is 1. The highest BCUT2D eigenvalue weighted by Gasteiger charge is 2.33. The number of esters is 1. The van der Waals surface area contributed by atoms with Crippen LogP contribution in [0.25, 0.3) is 11.1 Å². The lowest BCUT2D eigenvalue weighted by atomic mass is 10.0. The summed E-state index contributed by atoms with van der Waals surface area (Å²) in [6.45, 7) is 8.43. The number of nitrogens with zero attached hydrogens (tertiary/aromatic N) is 3. The van der Waals surface area contributed by atoms with E-state index in [4.69, 9.17) is 9.47 Å². The van der Waals surface area contributed by atoms with Crippen LogP contribution in [0.1, 0.15) is 55.0 Å². The summed E-state index contributed by atoms with van der Waals surface area (Å²) in [5.74, 6) is -0.794. The molecule has 0 atom stereocenters. The largest absolute Gasteiger partial charge is 0.462 e. The molecule has 0 aliphatic heterocycles. The number of H-pyrrole nitrogens is 1. The minimum atomic E-state index is -0.896. The van der Waals surface area contributed by atoms with Crippen molar-refractivity contribution in [2.75, 3.05) is 11.5 Å². The maximum Gasteiger partial charge on any atom is 0.415 e. The van der Waals surface area contributed by atoms with Crippen LogP contribution in [0.2, 0.25) is 0 Å². The number of nitriles is 1. The molecule has 1 amide bonds. The van der Waals surface area contributed by atoms with Crippen molar-refractivity contribution in [1.29, 1.82) is 5.26 Å². The SMILES string of the molecule is CCOC(=O)c1cccc([N+](=O)[O-])c1N(Cc1ccc(-c2cc(C)[nH]c2C#N)cc1)C(=O)OC(C)(C)C. The maximum atomic E-state index is 13.3. The number of aromatic nitrogens is 1. The topological polar surface area (TPSA) is 139 Å². The van der Waals surface area contributed by atoms with Gasteiger partial charge in [-0.05, 0) is 57.9 Å². The number of hydrogen-bond acceptors (Lipinski definition) is 7. The summed E-state index contributed by atoms with van der Waals surface area (Å²) < 4.78 is 10.7. The van der Waals surface area contributed by atoms with E-state index in [0.717, 1.165) is 21.7 Å². The van der Waals surface area contributed by atoms with E-state index in [2.05, 4.69) is 11.1 Å². The molecule has 0 radical (unpaired) electrons. The average Bonchev–Trinajstić information content (AvgIpc) is 3.22. The third kappa shape index (κ3) is 6.32. The normalized spacial score (nSPS) is 10.9. The number of nitro benzene ring substituents is 1. The molecule has 192 valence electrons. The van der Waals surface area contributed by atoms with Gasteiger partial charge in [-0.2, -0.15) is 5.26 Å². The summed E-state index contributed by atoms with van der Waals surface area (Å²) in [6.07, 6.45) is -0.857. The molecule has 10 nitrogen and oxygen atoms in total. The molecule has 0 unspecified atom stereocenters. The van der Waals surface area contributed by atoms with Crippen molar-refractivity contribution >= 4 is 23.4 Å². The van der Waals surface area contributed by atoms with Crippen LogP contribution >= 0.6 is 0 Å². The molecule has 0 fully saturated rings. The number of carbonyl (C=O) groups is 2. The first-order valence-electron chi connectivity index (χ1n) is 11.6. The summed E-state index contributed by atoms with van der Waals surface area (Å²) in [5, 5.41) is 21.3.